The topological polar surface area (TPSA) is 46.5 Å². The molecule has 2 aromatic carbocycles. The van der Waals surface area contributed by atoms with E-state index in [0.717, 1.165) is 36.3 Å². The number of aromatic nitrogens is 1. The summed E-state index contributed by atoms with van der Waals surface area (Å²) in [4.78, 5) is 3.71. The monoisotopic (exact) mass is 657 g/mol. The summed E-state index contributed by atoms with van der Waals surface area (Å²) < 4.78 is 45.4. The lowest BCUT2D eigenvalue weighted by Crippen LogP contribution is -2.05. The van der Waals surface area contributed by atoms with Crippen LogP contribution in [0.4, 0.5) is 19.0 Å². The minimum Gasteiger partial charge on any atom is -0.487 e. The number of hydrogen-bond donors (Lipinski definition) is 1. The number of pyridine rings is 1. The molecule has 0 aliphatic carbocycles. The minimum atomic E-state index is -4.42. The van der Waals surface area contributed by atoms with Crippen LogP contribution in [0.1, 0.15) is 16.7 Å². The van der Waals surface area contributed by atoms with Gasteiger partial charge >= 0.3 is 6.18 Å². The van der Waals surface area contributed by atoms with Crippen LogP contribution < -0.4 is 10.2 Å². The van der Waals surface area contributed by atoms with Crippen molar-refractivity contribution in [3.05, 3.63) is 83.6 Å². The van der Waals surface area contributed by atoms with Gasteiger partial charge in [-0.15, -0.1) is 0 Å². The number of nitrogens with one attached hydrogen (secondary N) is 1. The number of hydrogen-bond acceptors (Lipinski definition) is 4. The number of ether oxygens (including phenoxy) is 1. The molecule has 0 bridgehead atoms. The highest BCUT2D eigenvalue weighted by atomic mass is 127. The number of rotatable bonds is 6. The largest absolute Gasteiger partial charge is 0.487 e. The fourth-order valence-corrected chi connectivity index (χ4v) is 4.68. The molecule has 3 aromatic rings. The lowest BCUT2D eigenvalue weighted by molar-refractivity contribution is -0.137. The van der Waals surface area contributed by atoms with Crippen LogP contribution in [0.3, 0.4) is 0 Å². The van der Waals surface area contributed by atoms with Crippen molar-refractivity contribution in [2.24, 2.45) is 5.10 Å². The molecule has 156 valence electrons. The lowest BCUT2D eigenvalue weighted by Gasteiger charge is -2.12. The second kappa shape index (κ2) is 10.1. The molecule has 10 heteroatoms. The van der Waals surface area contributed by atoms with Crippen LogP contribution in [0.2, 0.25) is 5.02 Å². The second-order valence-electron chi connectivity index (χ2n) is 5.99. The van der Waals surface area contributed by atoms with E-state index < -0.39 is 11.7 Å². The van der Waals surface area contributed by atoms with Crippen molar-refractivity contribution in [1.82, 2.24) is 4.98 Å². The molecule has 1 heterocycles. The van der Waals surface area contributed by atoms with Gasteiger partial charge in [-0.1, -0.05) is 29.8 Å². The third-order valence-electron chi connectivity index (χ3n) is 3.83. The fourth-order valence-electron chi connectivity index (χ4n) is 2.36. The Labute approximate surface area is 203 Å². The number of halogens is 6. The summed E-state index contributed by atoms with van der Waals surface area (Å²) in [6, 6.07) is 13.4. The molecule has 0 aliphatic rings. The molecular formula is C20H13ClF3I2N3O. The van der Waals surface area contributed by atoms with E-state index in [4.69, 9.17) is 16.3 Å². The van der Waals surface area contributed by atoms with Crippen LogP contribution in [-0.2, 0) is 12.8 Å². The molecule has 0 saturated carbocycles. The van der Waals surface area contributed by atoms with Gasteiger partial charge in [-0.3, -0.25) is 5.43 Å². The van der Waals surface area contributed by atoms with Crippen molar-refractivity contribution < 1.29 is 17.9 Å². The Hall–Kier alpha value is -1.60. The molecule has 0 aliphatic heterocycles. The number of nitrogens with zero attached hydrogens (tertiary/aromatic N) is 2. The molecular weight excluding hydrogens is 644 g/mol. The second-order valence-corrected chi connectivity index (χ2v) is 8.73. The Kier molecular flexibility index (Phi) is 7.80. The molecule has 0 atom stereocenters. The van der Waals surface area contributed by atoms with Crippen molar-refractivity contribution >= 4 is 68.8 Å². The zero-order valence-electron chi connectivity index (χ0n) is 15.1. The van der Waals surface area contributed by atoms with Gasteiger partial charge in [0.2, 0.25) is 0 Å². The van der Waals surface area contributed by atoms with Gasteiger partial charge in [0, 0.05) is 16.8 Å². The van der Waals surface area contributed by atoms with Crippen molar-refractivity contribution in [3.8, 4) is 5.75 Å². The first-order valence-corrected chi connectivity index (χ1v) is 10.9. The molecule has 0 unspecified atom stereocenters. The van der Waals surface area contributed by atoms with E-state index in [0.29, 0.717) is 11.6 Å². The van der Waals surface area contributed by atoms with Crippen molar-refractivity contribution in [3.63, 3.8) is 0 Å². The lowest BCUT2D eigenvalue weighted by atomic mass is 10.2. The summed E-state index contributed by atoms with van der Waals surface area (Å²) in [5, 5.41) is 4.68. The predicted molar refractivity (Wildman–Crippen MR) is 128 cm³/mol. The van der Waals surface area contributed by atoms with Crippen molar-refractivity contribution in [2.45, 2.75) is 12.8 Å². The van der Waals surface area contributed by atoms with Gasteiger partial charge in [0.25, 0.3) is 0 Å². The maximum absolute atomic E-state index is 12.6. The van der Waals surface area contributed by atoms with Crippen molar-refractivity contribution in [2.75, 3.05) is 5.43 Å². The van der Waals surface area contributed by atoms with E-state index in [1.165, 1.54) is 6.07 Å². The third kappa shape index (κ3) is 6.20. The van der Waals surface area contributed by atoms with Crippen LogP contribution in [0.5, 0.6) is 5.75 Å². The van der Waals surface area contributed by atoms with Crippen LogP contribution >= 0.6 is 56.8 Å². The van der Waals surface area contributed by atoms with Crippen LogP contribution in [0.25, 0.3) is 0 Å². The van der Waals surface area contributed by atoms with E-state index in [2.05, 4.69) is 60.7 Å². The first-order valence-electron chi connectivity index (χ1n) is 8.41. The molecule has 4 nitrogen and oxygen atoms in total. The molecule has 0 fully saturated rings. The van der Waals surface area contributed by atoms with E-state index in [9.17, 15) is 13.2 Å². The number of alkyl halides is 3. The predicted octanol–water partition coefficient (Wildman–Crippen LogP) is 6.99. The summed E-state index contributed by atoms with van der Waals surface area (Å²) in [6.07, 6.45) is -2.10. The summed E-state index contributed by atoms with van der Waals surface area (Å²) in [7, 11) is 0. The Morgan fingerprint density at radius 2 is 1.80 bits per heavy atom. The standard InChI is InChI=1S/C20H13ClF3I2N3O/c21-15-4-2-1-3-13(15)11-30-19-16(25)7-12(8-17(19)26)9-28-29-18-6-5-14(10-27-18)20(22,23)24/h1-10H,11H2,(H,27,29)/b28-9-. The molecule has 0 radical (unpaired) electrons. The zero-order valence-corrected chi connectivity index (χ0v) is 20.1. The summed E-state index contributed by atoms with van der Waals surface area (Å²) in [5.74, 6) is 0.953. The van der Waals surface area contributed by atoms with Gasteiger partial charge in [0.1, 0.15) is 18.2 Å². The Morgan fingerprint density at radius 1 is 1.10 bits per heavy atom. The van der Waals surface area contributed by atoms with E-state index in [1.54, 1.807) is 6.21 Å². The average molecular weight is 658 g/mol. The summed E-state index contributed by atoms with van der Waals surface area (Å²) >= 11 is 10.5. The molecule has 3 rings (SSSR count). The molecule has 1 aromatic heterocycles. The Balaban J connectivity index is 1.65. The molecule has 0 saturated heterocycles. The maximum atomic E-state index is 12.6. The van der Waals surface area contributed by atoms with Gasteiger partial charge in [-0.05, 0) is 81.1 Å². The summed E-state index contributed by atoms with van der Waals surface area (Å²) in [6.45, 7) is 0.347. The van der Waals surface area contributed by atoms with Gasteiger partial charge in [0.05, 0.1) is 18.9 Å². The van der Waals surface area contributed by atoms with Gasteiger partial charge in [0.15, 0.2) is 0 Å². The first kappa shape index (κ1) is 23.1. The smallest absolute Gasteiger partial charge is 0.417 e. The van der Waals surface area contributed by atoms with E-state index in [-0.39, 0.29) is 5.82 Å². The number of anilines is 1. The Morgan fingerprint density at radius 3 is 2.40 bits per heavy atom. The van der Waals surface area contributed by atoms with Gasteiger partial charge in [-0.2, -0.15) is 18.3 Å². The van der Waals surface area contributed by atoms with Crippen LogP contribution in [-0.4, -0.2) is 11.2 Å². The van der Waals surface area contributed by atoms with E-state index >= 15 is 0 Å². The molecule has 0 spiro atoms. The average Bonchev–Trinajstić information content (AvgIpc) is 2.68. The SMILES string of the molecule is FC(F)(F)c1ccc(N/N=C\c2cc(I)c(OCc3ccccc3Cl)c(I)c2)nc1. The van der Waals surface area contributed by atoms with Crippen molar-refractivity contribution in [1.29, 1.82) is 0 Å². The highest BCUT2D eigenvalue weighted by Gasteiger charge is 2.30. The fraction of sp³-hybridized carbons (Fsp3) is 0.100. The number of benzene rings is 2. The number of hydrazone groups is 1. The maximum Gasteiger partial charge on any atom is 0.417 e. The Bertz CT molecular complexity index is 1040. The zero-order chi connectivity index (χ0) is 21.7. The first-order chi connectivity index (χ1) is 14.2. The molecule has 1 N–H and O–H groups in total. The van der Waals surface area contributed by atoms with Gasteiger partial charge in [-0.25, -0.2) is 4.98 Å². The summed E-state index contributed by atoms with van der Waals surface area (Å²) in [5.41, 5.74) is 3.50. The highest BCUT2D eigenvalue weighted by molar-refractivity contribution is 14.1. The van der Waals surface area contributed by atoms with Gasteiger partial charge < -0.3 is 4.74 Å². The van der Waals surface area contributed by atoms with E-state index in [1.807, 2.05) is 36.4 Å². The molecule has 0 amide bonds. The van der Waals surface area contributed by atoms with Crippen LogP contribution in [0, 0.1) is 7.14 Å². The quantitative estimate of drug-likeness (QED) is 0.177. The highest BCUT2D eigenvalue weighted by Crippen LogP contribution is 2.30. The van der Waals surface area contributed by atoms with Crippen LogP contribution in [0.15, 0.2) is 59.8 Å². The molecule has 30 heavy (non-hydrogen) atoms. The normalized spacial score (nSPS) is 11.7. The minimum absolute atomic E-state index is 0.211. The third-order valence-corrected chi connectivity index (χ3v) is 5.81.